The van der Waals surface area contributed by atoms with Crippen molar-refractivity contribution in [3.8, 4) is 23.0 Å². The number of methoxy groups -OCH3 is 4. The minimum atomic E-state index is -0.917. The Hall–Kier alpha value is -2.45. The van der Waals surface area contributed by atoms with Gasteiger partial charge in [0.05, 0.1) is 28.4 Å². The quantitative estimate of drug-likeness (QED) is 0.367. The number of rotatable bonds is 5. The van der Waals surface area contributed by atoms with E-state index >= 15 is 0 Å². The molecule has 2 aromatic carbocycles. The van der Waals surface area contributed by atoms with Gasteiger partial charge in [0.2, 0.25) is 0 Å². The molecular formula is C21H20CuO6S2. The van der Waals surface area contributed by atoms with Crippen LogP contribution in [-0.4, -0.2) is 39.5 Å². The molecule has 0 fully saturated rings. The van der Waals surface area contributed by atoms with Gasteiger partial charge in [0.15, 0.2) is 23.0 Å². The molecule has 0 unspecified atom stereocenters. The van der Waals surface area contributed by atoms with Gasteiger partial charge < -0.3 is 24.1 Å². The van der Waals surface area contributed by atoms with E-state index in [1.54, 1.807) is 58.0 Å². The molecule has 6 nitrogen and oxygen atoms in total. The number of carbonyl (C=O) groups is 1. The maximum absolute atomic E-state index is 10.8. The molecule has 2 heterocycles. The molecule has 4 rings (SSSR count). The van der Waals surface area contributed by atoms with Crippen LogP contribution in [0.5, 0.6) is 23.0 Å². The molecule has 0 aliphatic heterocycles. The number of fused-ring (bicyclic) bond motifs is 2. The van der Waals surface area contributed by atoms with Gasteiger partial charge in [-0.3, -0.25) is 0 Å². The maximum atomic E-state index is 10.8. The van der Waals surface area contributed by atoms with Crippen molar-refractivity contribution < 1.29 is 45.9 Å². The molecule has 1 radical (unpaired) electrons. The first-order chi connectivity index (χ1) is 14.0. The first-order valence-electron chi connectivity index (χ1n) is 8.48. The zero-order chi connectivity index (χ0) is 21.0. The minimum absolute atomic E-state index is 0. The molecule has 4 aromatic rings. The molecule has 2 aromatic heterocycles. The van der Waals surface area contributed by atoms with Crippen LogP contribution in [0.3, 0.4) is 0 Å². The van der Waals surface area contributed by atoms with Gasteiger partial charge in [-0.2, -0.15) is 0 Å². The second kappa shape index (κ2) is 10.5. The molecule has 0 atom stereocenters. The van der Waals surface area contributed by atoms with Crippen LogP contribution < -0.4 is 18.9 Å². The number of hydrogen-bond donors (Lipinski definition) is 1. The summed E-state index contributed by atoms with van der Waals surface area (Å²) in [5, 5.41) is 13.0. The van der Waals surface area contributed by atoms with Crippen LogP contribution >= 0.6 is 22.7 Å². The van der Waals surface area contributed by atoms with E-state index in [2.05, 4.69) is 11.4 Å². The van der Waals surface area contributed by atoms with E-state index in [1.807, 2.05) is 12.1 Å². The van der Waals surface area contributed by atoms with Crippen LogP contribution in [-0.2, 0) is 17.1 Å². The first kappa shape index (κ1) is 23.8. The van der Waals surface area contributed by atoms with Crippen LogP contribution in [0.1, 0.15) is 9.67 Å². The van der Waals surface area contributed by atoms with Crippen LogP contribution in [0.15, 0.2) is 41.8 Å². The zero-order valence-corrected chi connectivity index (χ0v) is 19.2. The summed E-state index contributed by atoms with van der Waals surface area (Å²) in [4.78, 5) is 11.1. The molecule has 0 amide bonds. The second-order valence-corrected chi connectivity index (χ2v) is 7.86. The van der Waals surface area contributed by atoms with Crippen LogP contribution in [0, 0.1) is 0 Å². The van der Waals surface area contributed by atoms with Crippen molar-refractivity contribution >= 4 is 48.8 Å². The number of aromatic carboxylic acids is 1. The Kier molecular flexibility index (Phi) is 8.37. The smallest absolute Gasteiger partial charge is 0.345 e. The molecule has 30 heavy (non-hydrogen) atoms. The summed E-state index contributed by atoms with van der Waals surface area (Å²) in [6.07, 6.45) is 0. The number of benzene rings is 2. The van der Waals surface area contributed by atoms with Crippen molar-refractivity contribution in [3.63, 3.8) is 0 Å². The summed E-state index contributed by atoms with van der Waals surface area (Å²) in [5.41, 5.74) is 0. The predicted octanol–water partition coefficient (Wildman–Crippen LogP) is 5.53. The molecule has 0 bridgehead atoms. The Bertz CT molecular complexity index is 1070. The van der Waals surface area contributed by atoms with E-state index < -0.39 is 5.97 Å². The molecule has 9 heteroatoms. The third-order valence-electron chi connectivity index (χ3n) is 4.19. The standard InChI is InChI=1S/C11H10O4S.C10H10O2S.Cu/c1-14-7-3-6-4-10(11(12)13)16-9(6)5-8(7)15-2;1-11-8-5-7-3-4-13-10(7)6-9(8)12-2;/h3-5H,1-2H3,(H,12,13);3-6H,1-2H3;. The van der Waals surface area contributed by atoms with Crippen molar-refractivity contribution in [2.24, 2.45) is 0 Å². The van der Waals surface area contributed by atoms with Crippen molar-refractivity contribution in [2.45, 2.75) is 0 Å². The molecule has 0 aliphatic rings. The van der Waals surface area contributed by atoms with Gasteiger partial charge in [-0.25, -0.2) is 4.79 Å². The number of carboxylic acids is 1. The number of carboxylic acid groups (broad SMARTS) is 1. The fourth-order valence-corrected chi connectivity index (χ4v) is 4.47. The Labute approximate surface area is 192 Å². The van der Waals surface area contributed by atoms with Gasteiger partial charge in [-0.05, 0) is 40.4 Å². The van der Waals surface area contributed by atoms with E-state index in [-0.39, 0.29) is 17.1 Å². The molecule has 0 saturated heterocycles. The number of ether oxygens (including phenoxy) is 4. The van der Waals surface area contributed by atoms with Gasteiger partial charge >= 0.3 is 5.97 Å². The minimum Gasteiger partial charge on any atom is -0.493 e. The van der Waals surface area contributed by atoms with E-state index in [0.29, 0.717) is 16.4 Å². The summed E-state index contributed by atoms with van der Waals surface area (Å²) < 4.78 is 22.8. The SMILES string of the molecule is COc1cc2cc(C(=O)O)sc2cc1OC.COc1cc2ccsc2cc1OC.[Cu]. The van der Waals surface area contributed by atoms with Crippen molar-refractivity contribution in [3.05, 3.63) is 46.7 Å². The number of thiophene rings is 2. The molecule has 1 N–H and O–H groups in total. The van der Waals surface area contributed by atoms with Crippen molar-refractivity contribution in [1.82, 2.24) is 0 Å². The zero-order valence-electron chi connectivity index (χ0n) is 16.6. The van der Waals surface area contributed by atoms with Crippen molar-refractivity contribution in [1.29, 1.82) is 0 Å². The van der Waals surface area contributed by atoms with Crippen LogP contribution in [0.4, 0.5) is 0 Å². The normalized spacial score (nSPS) is 10.0. The summed E-state index contributed by atoms with van der Waals surface area (Å²) in [6, 6.07) is 11.2. The Morgan fingerprint density at radius 2 is 1.27 bits per heavy atom. The fourth-order valence-electron chi connectivity index (χ4n) is 2.76. The third-order valence-corrected chi connectivity index (χ3v) is 6.16. The van der Waals surface area contributed by atoms with Crippen molar-refractivity contribution in [2.75, 3.05) is 28.4 Å². The Morgan fingerprint density at radius 1 is 0.767 bits per heavy atom. The van der Waals surface area contributed by atoms with Gasteiger partial charge in [-0.1, -0.05) is 0 Å². The largest absolute Gasteiger partial charge is 0.493 e. The number of hydrogen-bond acceptors (Lipinski definition) is 7. The predicted molar refractivity (Wildman–Crippen MR) is 117 cm³/mol. The molecule has 0 spiro atoms. The summed E-state index contributed by atoms with van der Waals surface area (Å²) >= 11 is 2.92. The van der Waals surface area contributed by atoms with Gasteiger partial charge in [0.25, 0.3) is 0 Å². The molecule has 163 valence electrons. The molecular weight excluding hydrogens is 476 g/mol. The van der Waals surface area contributed by atoms with E-state index in [1.165, 1.54) is 21.4 Å². The first-order valence-corrected chi connectivity index (χ1v) is 10.2. The Balaban J connectivity index is 0.000000211. The van der Waals surface area contributed by atoms with Crippen LogP contribution in [0.2, 0.25) is 0 Å². The summed E-state index contributed by atoms with van der Waals surface area (Å²) in [5.74, 6) is 1.86. The average Bonchev–Trinajstić information content (AvgIpc) is 3.37. The van der Waals surface area contributed by atoms with E-state index in [0.717, 1.165) is 21.6 Å². The monoisotopic (exact) mass is 495 g/mol. The molecule has 0 saturated carbocycles. The third kappa shape index (κ3) is 4.99. The van der Waals surface area contributed by atoms with Gasteiger partial charge in [0.1, 0.15) is 4.88 Å². The topological polar surface area (TPSA) is 74.2 Å². The maximum Gasteiger partial charge on any atom is 0.345 e. The van der Waals surface area contributed by atoms with Gasteiger partial charge in [-0.15, -0.1) is 22.7 Å². The Morgan fingerprint density at radius 3 is 1.80 bits per heavy atom. The summed E-state index contributed by atoms with van der Waals surface area (Å²) in [7, 11) is 6.40. The fraction of sp³-hybridized carbons (Fsp3) is 0.190. The van der Waals surface area contributed by atoms with Gasteiger partial charge in [0, 0.05) is 38.6 Å². The second-order valence-electron chi connectivity index (χ2n) is 5.83. The summed E-state index contributed by atoms with van der Waals surface area (Å²) in [6.45, 7) is 0. The van der Waals surface area contributed by atoms with Crippen LogP contribution in [0.25, 0.3) is 20.2 Å². The van der Waals surface area contributed by atoms with E-state index in [4.69, 9.17) is 24.1 Å². The average molecular weight is 496 g/mol. The van der Waals surface area contributed by atoms with E-state index in [9.17, 15) is 4.79 Å². The molecule has 0 aliphatic carbocycles.